The summed E-state index contributed by atoms with van der Waals surface area (Å²) in [5, 5.41) is 1.02. The molecule has 0 aromatic carbocycles. The van der Waals surface area contributed by atoms with E-state index in [4.69, 9.17) is 0 Å². The van der Waals surface area contributed by atoms with E-state index in [9.17, 15) is 0 Å². The second-order valence-corrected chi connectivity index (χ2v) is 12.8. The summed E-state index contributed by atoms with van der Waals surface area (Å²) in [7, 11) is -1.20. The summed E-state index contributed by atoms with van der Waals surface area (Å²) in [6.07, 6.45) is 0. The lowest BCUT2D eigenvalue weighted by molar-refractivity contribution is 0.439. The van der Waals surface area contributed by atoms with Crippen molar-refractivity contribution in [2.75, 3.05) is 0 Å². The summed E-state index contributed by atoms with van der Waals surface area (Å²) in [5.41, 5.74) is 0. The third kappa shape index (κ3) is 2.17. The second-order valence-electron chi connectivity index (χ2n) is 6.75. The van der Waals surface area contributed by atoms with Crippen LogP contribution in [0.3, 0.4) is 0 Å². The van der Waals surface area contributed by atoms with E-state index >= 15 is 0 Å². The van der Waals surface area contributed by atoms with Gasteiger partial charge in [0.05, 0.1) is 8.07 Å². The standard InChI is InChI=1S/C12H28Si/c1-10(2)12(6,7)13(8,9)11(3,4)5/h10H,1-9H3. The van der Waals surface area contributed by atoms with Gasteiger partial charge in [-0.25, -0.2) is 0 Å². The van der Waals surface area contributed by atoms with Gasteiger partial charge in [0.1, 0.15) is 0 Å². The lowest BCUT2D eigenvalue weighted by atomic mass is 9.99. The van der Waals surface area contributed by atoms with Crippen molar-refractivity contribution in [2.45, 2.75) is 71.6 Å². The largest absolute Gasteiger partial charge is 0.0686 e. The Bertz CT molecular complexity index is 170. The lowest BCUT2D eigenvalue weighted by Gasteiger charge is -2.51. The van der Waals surface area contributed by atoms with E-state index < -0.39 is 8.07 Å². The third-order valence-electron chi connectivity index (χ3n) is 4.93. The molecular weight excluding hydrogens is 172 g/mol. The summed E-state index contributed by atoms with van der Waals surface area (Å²) in [6.45, 7) is 21.9. The molecule has 0 atom stereocenters. The van der Waals surface area contributed by atoms with Crippen molar-refractivity contribution in [3.63, 3.8) is 0 Å². The summed E-state index contributed by atoms with van der Waals surface area (Å²) >= 11 is 0. The van der Waals surface area contributed by atoms with Gasteiger partial charge in [0.25, 0.3) is 0 Å². The van der Waals surface area contributed by atoms with Crippen LogP contribution >= 0.6 is 0 Å². The molecule has 0 aromatic rings. The van der Waals surface area contributed by atoms with E-state index in [2.05, 4.69) is 61.6 Å². The minimum atomic E-state index is -1.20. The van der Waals surface area contributed by atoms with Crippen molar-refractivity contribution in [1.82, 2.24) is 0 Å². The van der Waals surface area contributed by atoms with Crippen molar-refractivity contribution in [3.05, 3.63) is 0 Å². The SMILES string of the molecule is CC(C)C(C)(C)[Si](C)(C)C(C)(C)C. The van der Waals surface area contributed by atoms with Crippen molar-refractivity contribution in [2.24, 2.45) is 5.92 Å². The van der Waals surface area contributed by atoms with Gasteiger partial charge in [0, 0.05) is 0 Å². The summed E-state index contributed by atoms with van der Waals surface area (Å²) in [5.74, 6) is 0.786. The molecule has 13 heavy (non-hydrogen) atoms. The highest BCUT2D eigenvalue weighted by atomic mass is 28.3. The minimum Gasteiger partial charge on any atom is -0.0686 e. The Morgan fingerprint density at radius 3 is 1.23 bits per heavy atom. The van der Waals surface area contributed by atoms with Crippen molar-refractivity contribution in [3.8, 4) is 0 Å². The average Bonchev–Trinajstić information content (AvgIpc) is 1.84. The van der Waals surface area contributed by atoms with Crippen LogP contribution in [0, 0.1) is 5.92 Å². The summed E-state index contributed by atoms with van der Waals surface area (Å²) in [6, 6.07) is 0. The van der Waals surface area contributed by atoms with Crippen LogP contribution in [0.4, 0.5) is 0 Å². The predicted molar refractivity (Wildman–Crippen MR) is 66.1 cm³/mol. The predicted octanol–water partition coefficient (Wildman–Crippen LogP) is 4.93. The van der Waals surface area contributed by atoms with Crippen LogP contribution in [0.1, 0.15) is 48.5 Å². The van der Waals surface area contributed by atoms with Gasteiger partial charge in [-0.05, 0) is 16.0 Å². The first kappa shape index (κ1) is 13.2. The lowest BCUT2D eigenvalue weighted by Crippen LogP contribution is -2.49. The van der Waals surface area contributed by atoms with Gasteiger partial charge in [-0.1, -0.05) is 61.6 Å². The highest BCUT2D eigenvalue weighted by molar-refractivity contribution is 6.82. The Kier molecular flexibility index (Phi) is 3.47. The fourth-order valence-corrected chi connectivity index (χ4v) is 5.06. The third-order valence-corrected chi connectivity index (χ3v) is 12.5. The molecule has 0 aliphatic rings. The molecule has 0 saturated carbocycles. The smallest absolute Gasteiger partial charge is 0.0586 e. The Morgan fingerprint density at radius 2 is 1.15 bits per heavy atom. The number of rotatable bonds is 2. The van der Waals surface area contributed by atoms with Crippen LogP contribution in [0.15, 0.2) is 0 Å². The summed E-state index contributed by atoms with van der Waals surface area (Å²) in [4.78, 5) is 0. The molecule has 0 spiro atoms. The number of hydrogen-bond donors (Lipinski definition) is 0. The zero-order valence-electron chi connectivity index (χ0n) is 11.1. The fraction of sp³-hybridized carbons (Fsp3) is 1.00. The van der Waals surface area contributed by atoms with E-state index in [1.54, 1.807) is 0 Å². The molecule has 0 rings (SSSR count). The topological polar surface area (TPSA) is 0 Å². The van der Waals surface area contributed by atoms with E-state index in [1.807, 2.05) is 0 Å². The highest BCUT2D eigenvalue weighted by Crippen LogP contribution is 2.54. The van der Waals surface area contributed by atoms with Crippen LogP contribution in [-0.2, 0) is 0 Å². The summed E-state index contributed by atoms with van der Waals surface area (Å²) < 4.78 is 0. The Hall–Kier alpha value is 0.217. The molecule has 0 saturated heterocycles. The molecule has 0 aliphatic heterocycles. The monoisotopic (exact) mass is 200 g/mol. The van der Waals surface area contributed by atoms with Crippen molar-refractivity contribution < 1.29 is 0 Å². The molecule has 0 heterocycles. The average molecular weight is 200 g/mol. The fourth-order valence-electron chi connectivity index (χ4n) is 1.69. The van der Waals surface area contributed by atoms with Gasteiger partial charge in [0.2, 0.25) is 0 Å². The van der Waals surface area contributed by atoms with Gasteiger partial charge in [0.15, 0.2) is 0 Å². The molecule has 0 aliphatic carbocycles. The van der Waals surface area contributed by atoms with Crippen molar-refractivity contribution >= 4 is 8.07 Å². The molecular formula is C12H28Si. The van der Waals surface area contributed by atoms with Crippen LogP contribution in [0.25, 0.3) is 0 Å². The normalized spacial score (nSPS) is 15.2. The molecule has 0 N–H and O–H groups in total. The molecule has 0 aromatic heterocycles. The molecule has 80 valence electrons. The zero-order valence-corrected chi connectivity index (χ0v) is 12.1. The van der Waals surface area contributed by atoms with Crippen LogP contribution in [0.2, 0.25) is 23.2 Å². The molecule has 0 amide bonds. The van der Waals surface area contributed by atoms with Crippen LogP contribution < -0.4 is 0 Å². The zero-order chi connectivity index (χ0) is 11.1. The van der Waals surface area contributed by atoms with E-state index in [0.29, 0.717) is 10.1 Å². The second kappa shape index (κ2) is 3.41. The Balaban J connectivity index is 5.04. The molecule has 0 unspecified atom stereocenters. The van der Waals surface area contributed by atoms with Gasteiger partial charge in [-0.2, -0.15) is 0 Å². The van der Waals surface area contributed by atoms with Gasteiger partial charge in [-0.15, -0.1) is 0 Å². The Morgan fingerprint density at radius 1 is 0.846 bits per heavy atom. The maximum atomic E-state index is 2.53. The first-order valence-corrected chi connectivity index (χ1v) is 8.44. The van der Waals surface area contributed by atoms with E-state index in [0.717, 1.165) is 5.92 Å². The van der Waals surface area contributed by atoms with Crippen LogP contribution in [-0.4, -0.2) is 8.07 Å². The molecule has 0 radical (unpaired) electrons. The maximum Gasteiger partial charge on any atom is 0.0586 e. The molecule has 0 nitrogen and oxygen atoms in total. The first-order chi connectivity index (χ1) is 5.44. The maximum absolute atomic E-state index is 2.53. The van der Waals surface area contributed by atoms with Gasteiger partial charge >= 0.3 is 0 Å². The van der Waals surface area contributed by atoms with Crippen molar-refractivity contribution in [1.29, 1.82) is 0 Å². The van der Waals surface area contributed by atoms with Gasteiger partial charge in [-0.3, -0.25) is 0 Å². The molecule has 0 fully saturated rings. The van der Waals surface area contributed by atoms with Crippen LogP contribution in [0.5, 0.6) is 0 Å². The minimum absolute atomic E-state index is 0.501. The molecule has 1 heteroatoms. The van der Waals surface area contributed by atoms with E-state index in [1.165, 1.54) is 0 Å². The molecule has 0 bridgehead atoms. The quantitative estimate of drug-likeness (QED) is 0.554. The highest BCUT2D eigenvalue weighted by Gasteiger charge is 2.48. The first-order valence-electron chi connectivity index (χ1n) is 5.44. The number of hydrogen-bond acceptors (Lipinski definition) is 0. The van der Waals surface area contributed by atoms with Gasteiger partial charge < -0.3 is 0 Å². The van der Waals surface area contributed by atoms with E-state index in [-0.39, 0.29) is 0 Å². The Labute approximate surface area is 86.1 Å².